The summed E-state index contributed by atoms with van der Waals surface area (Å²) < 4.78 is 0. The third-order valence-corrected chi connectivity index (χ3v) is 4.35. The minimum atomic E-state index is 0.616. The van der Waals surface area contributed by atoms with Crippen LogP contribution in [0.15, 0.2) is 17.5 Å². The quantitative estimate of drug-likeness (QED) is 0.718. The number of nitrogens with zero attached hydrogens (tertiary/aromatic N) is 1. The van der Waals surface area contributed by atoms with Gasteiger partial charge in [-0.05, 0) is 58.3 Å². The Hall–Kier alpha value is -0.380. The van der Waals surface area contributed by atoms with Gasteiger partial charge in [-0.1, -0.05) is 13.0 Å². The molecule has 1 rings (SSSR count). The molecule has 1 aromatic heterocycles. The monoisotopic (exact) mass is 254 g/mol. The Bertz CT molecular complexity index is 284. The van der Waals surface area contributed by atoms with Crippen LogP contribution in [-0.2, 0) is 6.42 Å². The smallest absolute Gasteiger partial charge is 0.0115 e. The molecule has 2 unspecified atom stereocenters. The van der Waals surface area contributed by atoms with Crippen molar-refractivity contribution in [2.75, 3.05) is 20.1 Å². The maximum Gasteiger partial charge on any atom is 0.0115 e. The highest BCUT2D eigenvalue weighted by molar-refractivity contribution is 7.09. The van der Waals surface area contributed by atoms with Gasteiger partial charge in [-0.15, -0.1) is 11.3 Å². The summed E-state index contributed by atoms with van der Waals surface area (Å²) in [6.07, 6.45) is 2.39. The first kappa shape index (κ1) is 14.7. The number of rotatable bonds is 8. The third kappa shape index (κ3) is 5.19. The Morgan fingerprint density at radius 3 is 2.71 bits per heavy atom. The third-order valence-electron chi connectivity index (χ3n) is 3.46. The molecule has 2 atom stereocenters. The van der Waals surface area contributed by atoms with Gasteiger partial charge < -0.3 is 10.2 Å². The minimum Gasteiger partial charge on any atom is -0.317 e. The normalized spacial score (nSPS) is 15.1. The van der Waals surface area contributed by atoms with Crippen molar-refractivity contribution in [1.29, 1.82) is 0 Å². The van der Waals surface area contributed by atoms with E-state index in [2.05, 4.69) is 55.5 Å². The van der Waals surface area contributed by atoms with Crippen molar-refractivity contribution in [3.63, 3.8) is 0 Å². The molecular formula is C14H26N2S. The Morgan fingerprint density at radius 2 is 2.12 bits per heavy atom. The molecule has 0 aromatic carbocycles. The number of thiophene rings is 1. The summed E-state index contributed by atoms with van der Waals surface area (Å²) in [5, 5.41) is 5.56. The second-order valence-electron chi connectivity index (χ2n) is 4.79. The van der Waals surface area contributed by atoms with E-state index in [9.17, 15) is 0 Å². The van der Waals surface area contributed by atoms with Crippen LogP contribution < -0.4 is 5.32 Å². The maximum atomic E-state index is 3.39. The number of hydrogen-bond acceptors (Lipinski definition) is 3. The zero-order valence-corrected chi connectivity index (χ0v) is 12.4. The van der Waals surface area contributed by atoms with Crippen molar-refractivity contribution in [3.05, 3.63) is 22.4 Å². The van der Waals surface area contributed by atoms with Gasteiger partial charge >= 0.3 is 0 Å². The van der Waals surface area contributed by atoms with E-state index in [0.717, 1.165) is 13.1 Å². The van der Waals surface area contributed by atoms with E-state index in [-0.39, 0.29) is 0 Å². The fourth-order valence-corrected chi connectivity index (χ4v) is 2.82. The molecule has 3 heteroatoms. The summed E-state index contributed by atoms with van der Waals surface area (Å²) in [4.78, 5) is 3.99. The predicted molar refractivity (Wildman–Crippen MR) is 77.9 cm³/mol. The van der Waals surface area contributed by atoms with Crippen LogP contribution in [0.2, 0.25) is 0 Å². The number of hydrogen-bond donors (Lipinski definition) is 1. The van der Waals surface area contributed by atoms with Gasteiger partial charge in [0.15, 0.2) is 0 Å². The van der Waals surface area contributed by atoms with Crippen LogP contribution in [0.3, 0.4) is 0 Å². The SMILES string of the molecule is CCNCCC(C)N(C)C(C)Cc1cccs1. The lowest BCUT2D eigenvalue weighted by molar-refractivity contribution is 0.186. The van der Waals surface area contributed by atoms with Gasteiger partial charge in [-0.25, -0.2) is 0 Å². The van der Waals surface area contributed by atoms with E-state index < -0.39 is 0 Å². The van der Waals surface area contributed by atoms with Gasteiger partial charge in [0.1, 0.15) is 0 Å². The van der Waals surface area contributed by atoms with E-state index in [4.69, 9.17) is 0 Å². The highest BCUT2D eigenvalue weighted by atomic mass is 32.1. The Kier molecular flexibility index (Phi) is 6.78. The van der Waals surface area contributed by atoms with Gasteiger partial charge in [0.25, 0.3) is 0 Å². The molecule has 1 heterocycles. The molecule has 0 radical (unpaired) electrons. The van der Waals surface area contributed by atoms with Gasteiger partial charge in [-0.3, -0.25) is 0 Å². The van der Waals surface area contributed by atoms with Gasteiger partial charge in [0.05, 0.1) is 0 Å². The summed E-state index contributed by atoms with van der Waals surface area (Å²) in [5.41, 5.74) is 0. The van der Waals surface area contributed by atoms with Gasteiger partial charge in [-0.2, -0.15) is 0 Å². The first-order valence-electron chi connectivity index (χ1n) is 6.60. The Morgan fingerprint density at radius 1 is 1.35 bits per heavy atom. The minimum absolute atomic E-state index is 0.616. The van der Waals surface area contributed by atoms with Crippen LogP contribution in [0.1, 0.15) is 32.1 Å². The molecule has 17 heavy (non-hydrogen) atoms. The predicted octanol–water partition coefficient (Wildman–Crippen LogP) is 3.00. The Labute approximate surface area is 110 Å². The molecule has 0 aliphatic rings. The van der Waals surface area contributed by atoms with E-state index in [1.54, 1.807) is 0 Å². The number of likely N-dealkylation sites (N-methyl/N-ethyl adjacent to an activating group) is 1. The lowest BCUT2D eigenvalue weighted by Crippen LogP contribution is -2.39. The molecule has 0 fully saturated rings. The fraction of sp³-hybridized carbons (Fsp3) is 0.714. The second-order valence-corrected chi connectivity index (χ2v) is 5.82. The topological polar surface area (TPSA) is 15.3 Å². The van der Waals surface area contributed by atoms with Crippen molar-refractivity contribution in [2.24, 2.45) is 0 Å². The molecule has 0 amide bonds. The molecule has 1 N–H and O–H groups in total. The number of nitrogens with one attached hydrogen (secondary N) is 1. The van der Waals surface area contributed by atoms with Crippen LogP contribution in [0.5, 0.6) is 0 Å². The van der Waals surface area contributed by atoms with Crippen LogP contribution in [0.25, 0.3) is 0 Å². The summed E-state index contributed by atoms with van der Waals surface area (Å²) >= 11 is 1.86. The summed E-state index contributed by atoms with van der Waals surface area (Å²) in [7, 11) is 2.24. The molecule has 0 spiro atoms. The Balaban J connectivity index is 2.32. The van der Waals surface area contributed by atoms with E-state index in [0.29, 0.717) is 12.1 Å². The van der Waals surface area contributed by atoms with E-state index in [1.807, 2.05) is 11.3 Å². The van der Waals surface area contributed by atoms with Crippen LogP contribution in [0.4, 0.5) is 0 Å². The van der Waals surface area contributed by atoms with Crippen LogP contribution in [-0.4, -0.2) is 37.1 Å². The highest BCUT2D eigenvalue weighted by Crippen LogP contribution is 2.15. The first-order chi connectivity index (χ1) is 8.15. The standard InChI is InChI=1S/C14H26N2S/c1-5-15-9-8-12(2)16(4)13(3)11-14-7-6-10-17-14/h6-7,10,12-13,15H,5,8-9,11H2,1-4H3. The van der Waals surface area contributed by atoms with E-state index in [1.165, 1.54) is 17.7 Å². The summed E-state index contributed by atoms with van der Waals surface area (Å²) in [6.45, 7) is 8.99. The zero-order chi connectivity index (χ0) is 12.7. The second kappa shape index (κ2) is 7.85. The lowest BCUT2D eigenvalue weighted by atomic mass is 10.1. The fourth-order valence-electron chi connectivity index (χ4n) is 1.99. The molecule has 98 valence electrons. The van der Waals surface area contributed by atoms with Crippen molar-refractivity contribution in [1.82, 2.24) is 10.2 Å². The molecule has 1 aromatic rings. The molecule has 0 aliphatic carbocycles. The van der Waals surface area contributed by atoms with Gasteiger partial charge in [0, 0.05) is 17.0 Å². The lowest BCUT2D eigenvalue weighted by Gasteiger charge is -2.30. The molecule has 0 bridgehead atoms. The average molecular weight is 254 g/mol. The van der Waals surface area contributed by atoms with E-state index >= 15 is 0 Å². The van der Waals surface area contributed by atoms with Crippen molar-refractivity contribution >= 4 is 11.3 Å². The van der Waals surface area contributed by atoms with Crippen LogP contribution >= 0.6 is 11.3 Å². The summed E-state index contributed by atoms with van der Waals surface area (Å²) in [6, 6.07) is 5.63. The largest absolute Gasteiger partial charge is 0.317 e. The molecular weight excluding hydrogens is 228 g/mol. The molecule has 0 aliphatic heterocycles. The van der Waals surface area contributed by atoms with Crippen molar-refractivity contribution in [2.45, 2.75) is 45.7 Å². The average Bonchev–Trinajstić information content (AvgIpc) is 2.81. The van der Waals surface area contributed by atoms with Crippen molar-refractivity contribution < 1.29 is 0 Å². The zero-order valence-electron chi connectivity index (χ0n) is 11.6. The molecule has 0 saturated heterocycles. The van der Waals surface area contributed by atoms with Crippen molar-refractivity contribution in [3.8, 4) is 0 Å². The molecule has 2 nitrogen and oxygen atoms in total. The molecule has 0 saturated carbocycles. The highest BCUT2D eigenvalue weighted by Gasteiger charge is 2.16. The maximum absolute atomic E-state index is 3.39. The van der Waals surface area contributed by atoms with Gasteiger partial charge in [0.2, 0.25) is 0 Å². The summed E-state index contributed by atoms with van der Waals surface area (Å²) in [5.74, 6) is 0. The van der Waals surface area contributed by atoms with Crippen LogP contribution in [0, 0.1) is 0 Å². The first-order valence-corrected chi connectivity index (χ1v) is 7.48.